The number of aliphatic carboxylic acids is 1. The van der Waals surface area contributed by atoms with E-state index < -0.39 is 23.5 Å². The van der Waals surface area contributed by atoms with Crippen molar-refractivity contribution in [3.8, 4) is 5.75 Å². The standard InChI is InChI=1S/C9H8N2O5/c10-7(13)6-4(2-1-3-5(6)12)11-8(14)9(15)16/h1-3,12H,(H2,10,13)(H,11,14)(H,15,16). The van der Waals surface area contributed by atoms with E-state index in [1.54, 1.807) is 0 Å². The smallest absolute Gasteiger partial charge is 0.394 e. The Morgan fingerprint density at radius 2 is 1.88 bits per heavy atom. The van der Waals surface area contributed by atoms with Gasteiger partial charge in [-0.2, -0.15) is 0 Å². The zero-order valence-corrected chi connectivity index (χ0v) is 7.93. The van der Waals surface area contributed by atoms with Gasteiger partial charge in [0.1, 0.15) is 11.3 Å². The van der Waals surface area contributed by atoms with E-state index in [4.69, 9.17) is 10.8 Å². The van der Waals surface area contributed by atoms with Crippen molar-refractivity contribution in [1.29, 1.82) is 0 Å². The molecule has 1 aromatic carbocycles. The number of carboxylic acid groups (broad SMARTS) is 1. The van der Waals surface area contributed by atoms with Crippen LogP contribution in [-0.4, -0.2) is 28.0 Å². The summed E-state index contributed by atoms with van der Waals surface area (Å²) < 4.78 is 0. The molecule has 7 heteroatoms. The van der Waals surface area contributed by atoms with Crippen LogP contribution >= 0.6 is 0 Å². The first-order valence-electron chi connectivity index (χ1n) is 4.09. The van der Waals surface area contributed by atoms with Gasteiger partial charge in [-0.3, -0.25) is 9.59 Å². The summed E-state index contributed by atoms with van der Waals surface area (Å²) in [4.78, 5) is 32.1. The molecule has 84 valence electrons. The number of nitrogens with one attached hydrogen (secondary N) is 1. The summed E-state index contributed by atoms with van der Waals surface area (Å²) in [5.74, 6) is -4.44. The van der Waals surface area contributed by atoms with E-state index in [0.717, 1.165) is 0 Å². The van der Waals surface area contributed by atoms with E-state index in [1.807, 2.05) is 5.32 Å². The molecule has 0 atom stereocenters. The number of hydrogen-bond acceptors (Lipinski definition) is 4. The Bertz CT molecular complexity index is 469. The van der Waals surface area contributed by atoms with Gasteiger partial charge in [-0.25, -0.2) is 4.79 Å². The fourth-order valence-electron chi connectivity index (χ4n) is 1.08. The highest BCUT2D eigenvalue weighted by Crippen LogP contribution is 2.24. The molecule has 2 amide bonds. The summed E-state index contributed by atoms with van der Waals surface area (Å²) in [5, 5.41) is 19.6. The largest absolute Gasteiger partial charge is 0.507 e. The normalized spacial score (nSPS) is 9.50. The maximum absolute atomic E-state index is 11.0. The molecule has 1 rings (SSSR count). The molecule has 0 aromatic heterocycles. The summed E-state index contributed by atoms with van der Waals surface area (Å²) in [6.07, 6.45) is 0. The Hall–Kier alpha value is -2.57. The average Bonchev–Trinajstić information content (AvgIpc) is 2.16. The number of primary amides is 1. The molecule has 0 radical (unpaired) electrons. The van der Waals surface area contributed by atoms with Crippen molar-refractivity contribution in [3.63, 3.8) is 0 Å². The predicted molar refractivity (Wildman–Crippen MR) is 52.9 cm³/mol. The van der Waals surface area contributed by atoms with E-state index in [9.17, 15) is 19.5 Å². The molecule has 0 saturated heterocycles. The molecule has 0 unspecified atom stereocenters. The minimum Gasteiger partial charge on any atom is -0.507 e. The summed E-state index contributed by atoms with van der Waals surface area (Å²) >= 11 is 0. The van der Waals surface area contributed by atoms with E-state index in [2.05, 4.69) is 0 Å². The van der Waals surface area contributed by atoms with Crippen LogP contribution in [0.4, 0.5) is 5.69 Å². The monoisotopic (exact) mass is 224 g/mol. The summed E-state index contributed by atoms with van der Waals surface area (Å²) in [5.41, 5.74) is 4.48. The molecular weight excluding hydrogens is 216 g/mol. The molecule has 1 aromatic rings. The number of benzene rings is 1. The van der Waals surface area contributed by atoms with Gasteiger partial charge in [0, 0.05) is 0 Å². The second-order valence-corrected chi connectivity index (χ2v) is 2.82. The molecule has 5 N–H and O–H groups in total. The highest BCUT2D eigenvalue weighted by molar-refractivity contribution is 6.36. The van der Waals surface area contributed by atoms with Gasteiger partial charge < -0.3 is 21.3 Å². The summed E-state index contributed by atoms with van der Waals surface area (Å²) in [6, 6.07) is 3.77. The Balaban J connectivity index is 3.14. The molecule has 0 aliphatic heterocycles. The number of carbonyl (C=O) groups is 3. The van der Waals surface area contributed by atoms with Crippen LogP contribution in [-0.2, 0) is 9.59 Å². The number of carboxylic acids is 1. The third-order valence-corrected chi connectivity index (χ3v) is 1.73. The molecule has 0 saturated carbocycles. The fourth-order valence-corrected chi connectivity index (χ4v) is 1.08. The second kappa shape index (κ2) is 4.30. The van der Waals surface area contributed by atoms with Crippen molar-refractivity contribution in [2.24, 2.45) is 5.73 Å². The minimum atomic E-state index is -1.71. The van der Waals surface area contributed by atoms with Gasteiger partial charge in [0.25, 0.3) is 5.91 Å². The maximum atomic E-state index is 11.0. The summed E-state index contributed by atoms with van der Waals surface area (Å²) in [6.45, 7) is 0. The quantitative estimate of drug-likeness (QED) is 0.504. The molecule has 16 heavy (non-hydrogen) atoms. The SMILES string of the molecule is NC(=O)c1c(O)cccc1NC(=O)C(=O)O. The van der Waals surface area contributed by atoms with Gasteiger partial charge in [0.15, 0.2) is 0 Å². The third kappa shape index (κ3) is 2.27. The number of anilines is 1. The molecular formula is C9H8N2O5. The minimum absolute atomic E-state index is 0.153. The first kappa shape index (κ1) is 11.5. The zero-order chi connectivity index (χ0) is 12.3. The lowest BCUT2D eigenvalue weighted by molar-refractivity contribution is -0.147. The number of rotatable bonds is 2. The van der Waals surface area contributed by atoms with E-state index in [-0.39, 0.29) is 11.3 Å². The third-order valence-electron chi connectivity index (χ3n) is 1.73. The highest BCUT2D eigenvalue weighted by atomic mass is 16.4. The molecule has 0 heterocycles. The number of carbonyl (C=O) groups excluding carboxylic acids is 2. The highest BCUT2D eigenvalue weighted by Gasteiger charge is 2.18. The number of nitrogens with two attached hydrogens (primary N) is 1. The first-order valence-corrected chi connectivity index (χ1v) is 4.09. The van der Waals surface area contributed by atoms with Crippen LogP contribution in [0.2, 0.25) is 0 Å². The lowest BCUT2D eigenvalue weighted by Gasteiger charge is -2.08. The van der Waals surface area contributed by atoms with Gasteiger partial charge in [-0.15, -0.1) is 0 Å². The van der Waals surface area contributed by atoms with Crippen molar-refractivity contribution >= 4 is 23.5 Å². The zero-order valence-electron chi connectivity index (χ0n) is 7.93. The molecule has 0 spiro atoms. The first-order chi connectivity index (χ1) is 7.43. The number of phenols is 1. The van der Waals surface area contributed by atoms with Crippen LogP contribution in [0.5, 0.6) is 5.75 Å². The van der Waals surface area contributed by atoms with Crippen molar-refractivity contribution in [3.05, 3.63) is 23.8 Å². The Kier molecular flexibility index (Phi) is 3.09. The fraction of sp³-hybridized carbons (Fsp3) is 0. The predicted octanol–water partition coefficient (Wildman–Crippen LogP) is -0.486. The number of aromatic hydroxyl groups is 1. The van der Waals surface area contributed by atoms with E-state index in [0.29, 0.717) is 0 Å². The molecule has 7 nitrogen and oxygen atoms in total. The average molecular weight is 224 g/mol. The topological polar surface area (TPSA) is 130 Å². The summed E-state index contributed by atoms with van der Waals surface area (Å²) in [7, 11) is 0. The van der Waals surface area contributed by atoms with Crippen LogP contribution in [0.15, 0.2) is 18.2 Å². The lowest BCUT2D eigenvalue weighted by atomic mass is 10.1. The molecule has 0 bridgehead atoms. The maximum Gasteiger partial charge on any atom is 0.394 e. The van der Waals surface area contributed by atoms with Gasteiger partial charge in [-0.1, -0.05) is 6.07 Å². The second-order valence-electron chi connectivity index (χ2n) is 2.82. The number of hydrogen-bond donors (Lipinski definition) is 4. The number of amides is 2. The Morgan fingerprint density at radius 3 is 2.38 bits per heavy atom. The van der Waals surface area contributed by atoms with E-state index >= 15 is 0 Å². The van der Waals surface area contributed by atoms with Crippen LogP contribution in [0.1, 0.15) is 10.4 Å². The van der Waals surface area contributed by atoms with Crippen molar-refractivity contribution in [1.82, 2.24) is 0 Å². The molecule has 0 fully saturated rings. The molecule has 0 aliphatic carbocycles. The Labute approximate surface area is 89.5 Å². The van der Waals surface area contributed by atoms with Crippen LogP contribution < -0.4 is 11.1 Å². The van der Waals surface area contributed by atoms with Crippen molar-refractivity contribution < 1.29 is 24.6 Å². The van der Waals surface area contributed by atoms with E-state index in [1.165, 1.54) is 18.2 Å². The van der Waals surface area contributed by atoms with Crippen LogP contribution in [0, 0.1) is 0 Å². The van der Waals surface area contributed by atoms with Gasteiger partial charge in [-0.05, 0) is 12.1 Å². The van der Waals surface area contributed by atoms with Crippen LogP contribution in [0.25, 0.3) is 0 Å². The Morgan fingerprint density at radius 1 is 1.25 bits per heavy atom. The van der Waals surface area contributed by atoms with Crippen LogP contribution in [0.3, 0.4) is 0 Å². The van der Waals surface area contributed by atoms with Gasteiger partial charge >= 0.3 is 11.9 Å². The van der Waals surface area contributed by atoms with Gasteiger partial charge in [0.05, 0.1) is 5.69 Å². The molecule has 0 aliphatic rings. The van der Waals surface area contributed by atoms with Crippen molar-refractivity contribution in [2.75, 3.05) is 5.32 Å². The van der Waals surface area contributed by atoms with Crippen molar-refractivity contribution in [2.45, 2.75) is 0 Å². The van der Waals surface area contributed by atoms with Gasteiger partial charge in [0.2, 0.25) is 0 Å². The lowest BCUT2D eigenvalue weighted by Crippen LogP contribution is -2.24.